The SMILES string of the molecule is Cl.Fc1ccccc1-n1nc(-c2nc(C3COCCN3)no2)c2c1CCC2. The molecule has 0 spiro atoms. The van der Waals surface area contributed by atoms with Crippen LogP contribution in [0.4, 0.5) is 4.39 Å². The number of ether oxygens (including phenoxy) is 1. The molecule has 2 aromatic heterocycles. The van der Waals surface area contributed by atoms with Crippen LogP contribution in [0.25, 0.3) is 17.3 Å². The zero-order chi connectivity index (χ0) is 17.5. The number of aromatic nitrogens is 4. The molecule has 1 atom stereocenters. The zero-order valence-electron chi connectivity index (χ0n) is 14.5. The Kier molecular flexibility index (Phi) is 4.94. The fourth-order valence-corrected chi connectivity index (χ4v) is 3.64. The summed E-state index contributed by atoms with van der Waals surface area (Å²) >= 11 is 0. The first kappa shape index (κ1) is 18.1. The molecule has 0 bridgehead atoms. The molecule has 3 aromatic rings. The van der Waals surface area contributed by atoms with Crippen LogP contribution >= 0.6 is 12.4 Å². The highest BCUT2D eigenvalue weighted by Gasteiger charge is 2.29. The van der Waals surface area contributed by atoms with Gasteiger partial charge in [-0.25, -0.2) is 9.07 Å². The summed E-state index contributed by atoms with van der Waals surface area (Å²) in [4.78, 5) is 4.52. The van der Waals surface area contributed by atoms with E-state index in [0.29, 0.717) is 36.3 Å². The van der Waals surface area contributed by atoms with Gasteiger partial charge in [-0.2, -0.15) is 10.1 Å². The normalized spacial score (nSPS) is 18.9. The molecule has 1 unspecified atom stereocenters. The molecule has 1 saturated heterocycles. The van der Waals surface area contributed by atoms with Crippen LogP contribution in [0.1, 0.15) is 29.5 Å². The van der Waals surface area contributed by atoms with Gasteiger partial charge < -0.3 is 14.6 Å². The number of morpholine rings is 1. The first-order chi connectivity index (χ1) is 12.8. The van der Waals surface area contributed by atoms with Crippen LogP contribution in [0.3, 0.4) is 0 Å². The Hall–Kier alpha value is -2.29. The van der Waals surface area contributed by atoms with Crippen molar-refractivity contribution in [2.24, 2.45) is 0 Å². The molecule has 0 amide bonds. The summed E-state index contributed by atoms with van der Waals surface area (Å²) in [5.41, 5.74) is 3.18. The molecule has 0 radical (unpaired) electrons. The molecule has 2 aliphatic rings. The van der Waals surface area contributed by atoms with E-state index in [1.54, 1.807) is 22.9 Å². The molecular weight excluding hydrogens is 373 g/mol. The van der Waals surface area contributed by atoms with Gasteiger partial charge in [0.15, 0.2) is 11.5 Å². The second-order valence-corrected chi connectivity index (χ2v) is 6.53. The molecule has 27 heavy (non-hydrogen) atoms. The van der Waals surface area contributed by atoms with Crippen LogP contribution in [-0.2, 0) is 17.6 Å². The van der Waals surface area contributed by atoms with Crippen LogP contribution in [0, 0.1) is 5.82 Å². The van der Waals surface area contributed by atoms with E-state index in [1.807, 2.05) is 0 Å². The standard InChI is InChI=1S/C18H18FN5O2.ClH/c19-12-5-1-2-6-15(12)24-14-7-3-4-11(14)16(22-24)18-21-17(23-26-18)13-10-25-9-8-20-13;/h1-2,5-6,13,20H,3-4,7-10H2;1H. The summed E-state index contributed by atoms with van der Waals surface area (Å²) in [6.45, 7) is 1.95. The van der Waals surface area contributed by atoms with Crippen molar-refractivity contribution in [3.63, 3.8) is 0 Å². The van der Waals surface area contributed by atoms with E-state index in [9.17, 15) is 4.39 Å². The molecule has 0 saturated carbocycles. The Morgan fingerprint density at radius 1 is 1.22 bits per heavy atom. The van der Waals surface area contributed by atoms with E-state index < -0.39 is 0 Å². The van der Waals surface area contributed by atoms with Crippen molar-refractivity contribution in [1.29, 1.82) is 0 Å². The number of para-hydroxylation sites is 1. The maximum absolute atomic E-state index is 14.3. The quantitative estimate of drug-likeness (QED) is 0.739. The van der Waals surface area contributed by atoms with Gasteiger partial charge in [0.2, 0.25) is 0 Å². The molecule has 5 rings (SSSR count). The highest BCUT2D eigenvalue weighted by molar-refractivity contribution is 5.85. The van der Waals surface area contributed by atoms with Crippen LogP contribution in [0.5, 0.6) is 0 Å². The lowest BCUT2D eigenvalue weighted by Crippen LogP contribution is -2.35. The van der Waals surface area contributed by atoms with Gasteiger partial charge >= 0.3 is 0 Å². The summed E-state index contributed by atoms with van der Waals surface area (Å²) in [5, 5.41) is 12.0. The fourth-order valence-electron chi connectivity index (χ4n) is 3.64. The van der Waals surface area contributed by atoms with Crippen molar-refractivity contribution < 1.29 is 13.7 Å². The van der Waals surface area contributed by atoms with Gasteiger partial charge in [0.05, 0.1) is 19.3 Å². The number of hydrogen-bond donors (Lipinski definition) is 1. The third-order valence-corrected chi connectivity index (χ3v) is 4.89. The van der Waals surface area contributed by atoms with E-state index in [4.69, 9.17) is 9.26 Å². The highest BCUT2D eigenvalue weighted by atomic mass is 35.5. The first-order valence-electron chi connectivity index (χ1n) is 8.82. The lowest BCUT2D eigenvalue weighted by molar-refractivity contribution is 0.0734. The van der Waals surface area contributed by atoms with Crippen molar-refractivity contribution in [3.05, 3.63) is 47.2 Å². The average molecular weight is 392 g/mol. The molecular formula is C18H19ClFN5O2. The van der Waals surface area contributed by atoms with Crippen LogP contribution in [0.15, 0.2) is 28.8 Å². The van der Waals surface area contributed by atoms with E-state index >= 15 is 0 Å². The van der Waals surface area contributed by atoms with Crippen molar-refractivity contribution in [1.82, 2.24) is 25.2 Å². The van der Waals surface area contributed by atoms with E-state index in [1.165, 1.54) is 6.07 Å². The Morgan fingerprint density at radius 2 is 2.11 bits per heavy atom. The predicted molar refractivity (Wildman–Crippen MR) is 97.6 cm³/mol. The Morgan fingerprint density at radius 3 is 2.93 bits per heavy atom. The number of nitrogens with zero attached hydrogens (tertiary/aromatic N) is 4. The molecule has 1 aromatic carbocycles. The van der Waals surface area contributed by atoms with E-state index in [2.05, 4.69) is 20.6 Å². The van der Waals surface area contributed by atoms with Gasteiger partial charge in [0.1, 0.15) is 11.5 Å². The minimum absolute atomic E-state index is 0. The largest absolute Gasteiger partial charge is 0.378 e. The second kappa shape index (κ2) is 7.38. The molecule has 7 nitrogen and oxygen atoms in total. The summed E-state index contributed by atoms with van der Waals surface area (Å²) in [6.07, 6.45) is 2.74. The monoisotopic (exact) mass is 391 g/mol. The highest BCUT2D eigenvalue weighted by Crippen LogP contribution is 2.33. The van der Waals surface area contributed by atoms with Crippen molar-refractivity contribution in [3.8, 4) is 17.3 Å². The minimum atomic E-state index is -0.300. The van der Waals surface area contributed by atoms with Crippen molar-refractivity contribution >= 4 is 12.4 Å². The molecule has 1 fully saturated rings. The van der Waals surface area contributed by atoms with Gasteiger partial charge in [-0.15, -0.1) is 12.4 Å². The molecule has 1 aliphatic carbocycles. The summed E-state index contributed by atoms with van der Waals surface area (Å²) in [7, 11) is 0. The lowest BCUT2D eigenvalue weighted by atomic mass is 10.2. The zero-order valence-corrected chi connectivity index (χ0v) is 15.3. The number of halogens is 2. The summed E-state index contributed by atoms with van der Waals surface area (Å²) in [6, 6.07) is 6.57. The second-order valence-electron chi connectivity index (χ2n) is 6.53. The van der Waals surface area contributed by atoms with Crippen molar-refractivity contribution in [2.75, 3.05) is 19.8 Å². The summed E-state index contributed by atoms with van der Waals surface area (Å²) in [5.74, 6) is 0.638. The Labute approximate surface area is 161 Å². The number of benzene rings is 1. The van der Waals surface area contributed by atoms with Gasteiger partial charge in [-0.1, -0.05) is 17.3 Å². The lowest BCUT2D eigenvalue weighted by Gasteiger charge is -2.20. The third-order valence-electron chi connectivity index (χ3n) is 4.89. The predicted octanol–water partition coefficient (Wildman–Crippen LogP) is 2.63. The third kappa shape index (κ3) is 3.13. The maximum Gasteiger partial charge on any atom is 0.278 e. The summed E-state index contributed by atoms with van der Waals surface area (Å²) < 4.78 is 26.9. The molecule has 9 heteroatoms. The number of hydrogen-bond acceptors (Lipinski definition) is 6. The Bertz CT molecular complexity index is 951. The number of nitrogens with one attached hydrogen (secondary N) is 1. The Balaban J connectivity index is 0.00000180. The van der Waals surface area contributed by atoms with Crippen LogP contribution in [0.2, 0.25) is 0 Å². The molecule has 1 N–H and O–H groups in total. The van der Waals surface area contributed by atoms with Gasteiger partial charge in [0, 0.05) is 17.8 Å². The number of fused-ring (bicyclic) bond motifs is 1. The van der Waals surface area contributed by atoms with Gasteiger partial charge in [-0.3, -0.25) is 0 Å². The van der Waals surface area contributed by atoms with E-state index in [-0.39, 0.29) is 24.3 Å². The van der Waals surface area contributed by atoms with Gasteiger partial charge in [0.25, 0.3) is 5.89 Å². The van der Waals surface area contributed by atoms with Crippen LogP contribution in [-0.4, -0.2) is 39.7 Å². The number of rotatable bonds is 3. The molecule has 3 heterocycles. The fraction of sp³-hybridized carbons (Fsp3) is 0.389. The van der Waals surface area contributed by atoms with Gasteiger partial charge in [-0.05, 0) is 31.4 Å². The minimum Gasteiger partial charge on any atom is -0.378 e. The van der Waals surface area contributed by atoms with Crippen molar-refractivity contribution in [2.45, 2.75) is 25.3 Å². The smallest absolute Gasteiger partial charge is 0.278 e. The molecule has 142 valence electrons. The molecule has 1 aliphatic heterocycles. The maximum atomic E-state index is 14.3. The van der Waals surface area contributed by atoms with E-state index in [0.717, 1.165) is 37.1 Å². The average Bonchev–Trinajstić information content (AvgIpc) is 3.39. The van der Waals surface area contributed by atoms with Crippen LogP contribution < -0.4 is 5.32 Å². The topological polar surface area (TPSA) is 78.0 Å². The first-order valence-corrected chi connectivity index (χ1v) is 8.82.